The summed E-state index contributed by atoms with van der Waals surface area (Å²) in [6.45, 7) is 7.90. The van der Waals surface area contributed by atoms with E-state index in [1.165, 1.54) is 5.57 Å². The Labute approximate surface area is 191 Å². The van der Waals surface area contributed by atoms with Crippen LogP contribution in [0.3, 0.4) is 0 Å². The fourth-order valence-corrected chi connectivity index (χ4v) is 8.41. The first-order valence-corrected chi connectivity index (χ1v) is 12.5. The number of carbonyl (C=O) groups is 1. The smallest absolute Gasteiger partial charge is 0.323 e. The molecule has 7 atom stereocenters. The van der Waals surface area contributed by atoms with E-state index in [4.69, 9.17) is 14.2 Å². The summed E-state index contributed by atoms with van der Waals surface area (Å²) in [4.78, 5) is 12.6. The number of nitriles is 1. The van der Waals surface area contributed by atoms with Crippen LogP contribution in [0.5, 0.6) is 0 Å². The summed E-state index contributed by atoms with van der Waals surface area (Å²) < 4.78 is 17.3. The van der Waals surface area contributed by atoms with Gasteiger partial charge in [0.1, 0.15) is 5.92 Å². The van der Waals surface area contributed by atoms with Crippen LogP contribution in [0.15, 0.2) is 11.6 Å². The maximum atomic E-state index is 12.6. The third kappa shape index (κ3) is 2.90. The van der Waals surface area contributed by atoms with Crippen LogP contribution in [-0.4, -0.2) is 42.3 Å². The number of hydrogen-bond acceptors (Lipinski definition) is 6. The molecule has 4 aliphatic carbocycles. The SMILES string of the molecule is CCOC(=O)C(C#N)[C@H]1CC[C@H]2[C@@H]3CC=C4CC5(CC[C@]4(C)[C@@]3(O)CC[C@]12C)OCCO5. The van der Waals surface area contributed by atoms with Crippen molar-refractivity contribution in [3.63, 3.8) is 0 Å². The van der Waals surface area contributed by atoms with Crippen LogP contribution < -0.4 is 0 Å². The predicted octanol–water partition coefficient (Wildman–Crippen LogP) is 4.13. The highest BCUT2D eigenvalue weighted by Gasteiger charge is 2.67. The fraction of sp³-hybridized carbons (Fsp3) is 0.846. The minimum Gasteiger partial charge on any atom is -0.465 e. The summed E-state index contributed by atoms with van der Waals surface area (Å²) >= 11 is 0. The molecule has 5 rings (SSSR count). The number of fused-ring (bicyclic) bond motifs is 5. The largest absolute Gasteiger partial charge is 0.465 e. The standard InChI is InChI=1S/C26H37NO5/c1-4-30-22(28)18(16-27)19-7-8-20-21-6-5-17-15-25(31-13-14-32-25)11-10-24(17,3)26(21,29)12-9-23(19,20)2/h5,18-21,29H,4,6-15H2,1-3H3/t18?,19-,20+,21+,23-,24+,26-/m1/s1. The Bertz CT molecular complexity index is 857. The fourth-order valence-electron chi connectivity index (χ4n) is 8.41. The van der Waals surface area contributed by atoms with Gasteiger partial charge in [-0.2, -0.15) is 5.26 Å². The lowest BCUT2D eigenvalue weighted by Gasteiger charge is -2.63. The minimum atomic E-state index is -0.761. The molecular formula is C26H37NO5. The number of rotatable bonds is 3. The first-order chi connectivity index (χ1) is 15.2. The Kier molecular flexibility index (Phi) is 5.28. The molecule has 1 aliphatic heterocycles. The third-order valence-corrected chi connectivity index (χ3v) is 10.3. The van der Waals surface area contributed by atoms with Crippen molar-refractivity contribution in [1.29, 1.82) is 5.26 Å². The number of ether oxygens (including phenoxy) is 3. The van der Waals surface area contributed by atoms with Gasteiger partial charge in [-0.1, -0.05) is 25.5 Å². The number of nitrogens with zero attached hydrogens (tertiary/aromatic N) is 1. The Morgan fingerprint density at radius 3 is 2.66 bits per heavy atom. The van der Waals surface area contributed by atoms with Crippen LogP contribution in [0.1, 0.15) is 72.1 Å². The quantitative estimate of drug-likeness (QED) is 0.521. The van der Waals surface area contributed by atoms with Gasteiger partial charge < -0.3 is 19.3 Å². The molecule has 6 heteroatoms. The van der Waals surface area contributed by atoms with Crippen molar-refractivity contribution in [3.8, 4) is 6.07 Å². The van der Waals surface area contributed by atoms with Crippen molar-refractivity contribution < 1.29 is 24.1 Å². The lowest BCUT2D eigenvalue weighted by Crippen LogP contribution is -2.64. The highest BCUT2D eigenvalue weighted by Crippen LogP contribution is 2.69. The average molecular weight is 444 g/mol. The van der Waals surface area contributed by atoms with Crippen molar-refractivity contribution in [1.82, 2.24) is 0 Å². The van der Waals surface area contributed by atoms with Crippen LogP contribution in [-0.2, 0) is 19.0 Å². The summed E-state index contributed by atoms with van der Waals surface area (Å²) in [6.07, 6.45) is 9.01. The van der Waals surface area contributed by atoms with Gasteiger partial charge in [-0.05, 0) is 68.6 Å². The summed E-state index contributed by atoms with van der Waals surface area (Å²) in [5.74, 6) is -1.13. The van der Waals surface area contributed by atoms with E-state index in [2.05, 4.69) is 26.0 Å². The molecule has 0 aromatic heterocycles. The summed E-state index contributed by atoms with van der Waals surface area (Å²) in [5.41, 5.74) is 0.136. The van der Waals surface area contributed by atoms with E-state index < -0.39 is 17.3 Å². The van der Waals surface area contributed by atoms with E-state index in [9.17, 15) is 15.2 Å². The second-order valence-electron chi connectivity index (χ2n) is 11.3. The van der Waals surface area contributed by atoms with Crippen LogP contribution >= 0.6 is 0 Å². The Morgan fingerprint density at radius 1 is 1.22 bits per heavy atom. The van der Waals surface area contributed by atoms with E-state index in [0.29, 0.717) is 32.2 Å². The van der Waals surface area contributed by atoms with Gasteiger partial charge in [-0.15, -0.1) is 0 Å². The van der Waals surface area contributed by atoms with E-state index in [1.807, 2.05) is 0 Å². The molecule has 1 saturated heterocycles. The Balaban J connectivity index is 1.44. The highest BCUT2D eigenvalue weighted by molar-refractivity contribution is 5.75. The molecule has 0 aromatic carbocycles. The monoisotopic (exact) mass is 443 g/mol. The molecule has 0 aromatic rings. The second-order valence-corrected chi connectivity index (χ2v) is 11.3. The van der Waals surface area contributed by atoms with Crippen molar-refractivity contribution in [3.05, 3.63) is 11.6 Å². The van der Waals surface area contributed by atoms with Gasteiger partial charge in [0.25, 0.3) is 0 Å². The number of esters is 1. The Morgan fingerprint density at radius 2 is 1.97 bits per heavy atom. The van der Waals surface area contributed by atoms with E-state index in [0.717, 1.165) is 44.9 Å². The molecule has 6 nitrogen and oxygen atoms in total. The van der Waals surface area contributed by atoms with Crippen molar-refractivity contribution in [2.45, 2.75) is 83.5 Å². The molecule has 3 saturated carbocycles. The number of hydrogen-bond donors (Lipinski definition) is 1. The van der Waals surface area contributed by atoms with E-state index in [-0.39, 0.29) is 28.6 Å². The molecule has 0 amide bonds. The molecule has 1 N–H and O–H groups in total. The number of aliphatic hydroxyl groups is 1. The molecule has 5 aliphatic rings. The maximum absolute atomic E-state index is 12.6. The van der Waals surface area contributed by atoms with Crippen molar-refractivity contribution >= 4 is 5.97 Å². The third-order valence-electron chi connectivity index (χ3n) is 10.3. The Hall–Kier alpha value is -1.42. The zero-order valence-corrected chi connectivity index (χ0v) is 19.7. The van der Waals surface area contributed by atoms with E-state index in [1.54, 1.807) is 6.92 Å². The molecule has 176 valence electrons. The molecule has 1 unspecified atom stereocenters. The summed E-state index contributed by atoms with van der Waals surface area (Å²) in [6, 6.07) is 2.27. The average Bonchev–Trinajstić information content (AvgIpc) is 3.36. The van der Waals surface area contributed by atoms with Gasteiger partial charge in [0.2, 0.25) is 0 Å². The molecular weight excluding hydrogens is 406 g/mol. The highest BCUT2D eigenvalue weighted by atomic mass is 16.7. The topological polar surface area (TPSA) is 88.8 Å². The van der Waals surface area contributed by atoms with Gasteiger partial charge in [-0.3, -0.25) is 4.79 Å². The lowest BCUT2D eigenvalue weighted by molar-refractivity contribution is -0.222. The van der Waals surface area contributed by atoms with Gasteiger partial charge in [-0.25, -0.2) is 0 Å². The normalized spacial score (nSPS) is 45.2. The molecule has 0 radical (unpaired) electrons. The molecule has 4 fully saturated rings. The van der Waals surface area contributed by atoms with Crippen LogP contribution in [0.2, 0.25) is 0 Å². The predicted molar refractivity (Wildman–Crippen MR) is 117 cm³/mol. The first kappa shape index (κ1) is 22.4. The van der Waals surface area contributed by atoms with Gasteiger partial charge in [0.15, 0.2) is 5.79 Å². The van der Waals surface area contributed by atoms with Gasteiger partial charge >= 0.3 is 5.97 Å². The second kappa shape index (κ2) is 7.55. The number of allylic oxidation sites excluding steroid dienone is 1. The van der Waals surface area contributed by atoms with Crippen LogP contribution in [0.4, 0.5) is 0 Å². The van der Waals surface area contributed by atoms with Gasteiger partial charge in [0, 0.05) is 18.3 Å². The molecule has 32 heavy (non-hydrogen) atoms. The maximum Gasteiger partial charge on any atom is 0.323 e. The zero-order valence-electron chi connectivity index (χ0n) is 19.7. The van der Waals surface area contributed by atoms with Crippen molar-refractivity contribution in [2.75, 3.05) is 19.8 Å². The molecule has 1 heterocycles. The summed E-state index contributed by atoms with van der Waals surface area (Å²) in [7, 11) is 0. The lowest BCUT2D eigenvalue weighted by atomic mass is 9.44. The zero-order chi connectivity index (χ0) is 22.8. The first-order valence-electron chi connectivity index (χ1n) is 12.5. The molecule has 0 bridgehead atoms. The van der Waals surface area contributed by atoms with Crippen LogP contribution in [0.25, 0.3) is 0 Å². The van der Waals surface area contributed by atoms with Crippen molar-refractivity contribution in [2.24, 2.45) is 34.5 Å². The van der Waals surface area contributed by atoms with Crippen LogP contribution in [0, 0.1) is 45.8 Å². The number of carbonyl (C=O) groups excluding carboxylic acids is 1. The molecule has 1 spiro atoms. The van der Waals surface area contributed by atoms with Gasteiger partial charge in [0.05, 0.1) is 31.5 Å². The minimum absolute atomic E-state index is 0.00537. The summed E-state index contributed by atoms with van der Waals surface area (Å²) in [5, 5.41) is 22.2. The van der Waals surface area contributed by atoms with E-state index >= 15 is 0 Å².